The first-order valence-electron chi connectivity index (χ1n) is 6.08. The molecule has 3 heteroatoms. The van der Waals surface area contributed by atoms with E-state index in [2.05, 4.69) is 11.9 Å². The SMILES string of the molecule is COCC(O)CN(C)CCC1CCCC1. The fourth-order valence-corrected chi connectivity index (χ4v) is 2.40. The Morgan fingerprint density at radius 1 is 1.40 bits per heavy atom. The molecule has 0 bridgehead atoms. The van der Waals surface area contributed by atoms with Gasteiger partial charge in [0.25, 0.3) is 0 Å². The van der Waals surface area contributed by atoms with Crippen molar-refractivity contribution in [1.29, 1.82) is 0 Å². The molecule has 0 saturated heterocycles. The lowest BCUT2D eigenvalue weighted by Gasteiger charge is -2.21. The van der Waals surface area contributed by atoms with Gasteiger partial charge in [0.1, 0.15) is 0 Å². The van der Waals surface area contributed by atoms with Crippen LogP contribution in [0.25, 0.3) is 0 Å². The Balaban J connectivity index is 2.04. The van der Waals surface area contributed by atoms with Crippen LogP contribution in [0.1, 0.15) is 32.1 Å². The van der Waals surface area contributed by atoms with E-state index in [9.17, 15) is 5.11 Å². The van der Waals surface area contributed by atoms with Crippen molar-refractivity contribution in [3.63, 3.8) is 0 Å². The van der Waals surface area contributed by atoms with Crippen molar-refractivity contribution in [3.05, 3.63) is 0 Å². The third-order valence-corrected chi connectivity index (χ3v) is 3.28. The molecule has 1 fully saturated rings. The molecule has 0 amide bonds. The monoisotopic (exact) mass is 215 g/mol. The molecule has 0 aliphatic heterocycles. The van der Waals surface area contributed by atoms with Gasteiger partial charge in [0.05, 0.1) is 12.7 Å². The first-order chi connectivity index (χ1) is 7.22. The molecule has 3 nitrogen and oxygen atoms in total. The summed E-state index contributed by atoms with van der Waals surface area (Å²) < 4.78 is 4.91. The summed E-state index contributed by atoms with van der Waals surface area (Å²) in [6, 6.07) is 0. The quantitative estimate of drug-likeness (QED) is 0.698. The lowest BCUT2D eigenvalue weighted by Crippen LogP contribution is -2.33. The third kappa shape index (κ3) is 5.50. The van der Waals surface area contributed by atoms with Crippen LogP contribution in [0.2, 0.25) is 0 Å². The zero-order chi connectivity index (χ0) is 11.1. The van der Waals surface area contributed by atoms with Crippen LogP contribution in [0.3, 0.4) is 0 Å². The number of hydrogen-bond donors (Lipinski definition) is 1. The van der Waals surface area contributed by atoms with Crippen molar-refractivity contribution < 1.29 is 9.84 Å². The van der Waals surface area contributed by atoms with E-state index in [1.165, 1.54) is 32.1 Å². The van der Waals surface area contributed by atoms with Gasteiger partial charge in [-0.25, -0.2) is 0 Å². The number of ether oxygens (including phenoxy) is 1. The van der Waals surface area contributed by atoms with Crippen molar-refractivity contribution in [2.45, 2.75) is 38.2 Å². The minimum atomic E-state index is -0.344. The van der Waals surface area contributed by atoms with Crippen molar-refractivity contribution >= 4 is 0 Å². The lowest BCUT2D eigenvalue weighted by atomic mass is 10.0. The maximum absolute atomic E-state index is 9.54. The highest BCUT2D eigenvalue weighted by Crippen LogP contribution is 2.27. The average molecular weight is 215 g/mol. The number of likely N-dealkylation sites (N-methyl/N-ethyl adjacent to an activating group) is 1. The van der Waals surface area contributed by atoms with Crippen LogP contribution in [-0.4, -0.2) is 50.0 Å². The second-order valence-electron chi connectivity index (χ2n) is 4.81. The predicted molar refractivity (Wildman–Crippen MR) is 62.0 cm³/mol. The zero-order valence-corrected chi connectivity index (χ0v) is 10.1. The summed E-state index contributed by atoms with van der Waals surface area (Å²) in [5.41, 5.74) is 0. The van der Waals surface area contributed by atoms with Gasteiger partial charge in [-0.3, -0.25) is 0 Å². The van der Waals surface area contributed by atoms with Crippen LogP contribution in [0.15, 0.2) is 0 Å². The third-order valence-electron chi connectivity index (χ3n) is 3.28. The Bertz CT molecular complexity index is 158. The van der Waals surface area contributed by atoms with Gasteiger partial charge in [-0.2, -0.15) is 0 Å². The fourth-order valence-electron chi connectivity index (χ4n) is 2.40. The lowest BCUT2D eigenvalue weighted by molar-refractivity contribution is 0.0423. The number of methoxy groups -OCH3 is 1. The van der Waals surface area contributed by atoms with Crippen LogP contribution in [-0.2, 0) is 4.74 Å². The molecular formula is C12H25NO2. The van der Waals surface area contributed by atoms with Crippen LogP contribution in [0.4, 0.5) is 0 Å². The summed E-state index contributed by atoms with van der Waals surface area (Å²) >= 11 is 0. The van der Waals surface area contributed by atoms with Gasteiger partial charge in [-0.05, 0) is 25.9 Å². The molecule has 1 N–H and O–H groups in total. The topological polar surface area (TPSA) is 32.7 Å². The molecule has 0 aromatic heterocycles. The zero-order valence-electron chi connectivity index (χ0n) is 10.1. The van der Waals surface area contributed by atoms with Crippen molar-refractivity contribution in [3.8, 4) is 0 Å². The second kappa shape index (κ2) is 7.20. The number of hydrogen-bond acceptors (Lipinski definition) is 3. The number of aliphatic hydroxyl groups excluding tert-OH is 1. The van der Waals surface area contributed by atoms with Crippen LogP contribution in [0, 0.1) is 5.92 Å². The molecule has 0 spiro atoms. The molecule has 15 heavy (non-hydrogen) atoms. The van der Waals surface area contributed by atoms with E-state index in [4.69, 9.17) is 4.74 Å². The van der Waals surface area contributed by atoms with Crippen LogP contribution in [0.5, 0.6) is 0 Å². The van der Waals surface area contributed by atoms with E-state index < -0.39 is 0 Å². The van der Waals surface area contributed by atoms with Crippen LogP contribution >= 0.6 is 0 Å². The summed E-state index contributed by atoms with van der Waals surface area (Å²) in [5, 5.41) is 9.54. The normalized spacial score (nSPS) is 20.0. The van der Waals surface area contributed by atoms with Gasteiger partial charge in [-0.1, -0.05) is 25.7 Å². The summed E-state index contributed by atoms with van der Waals surface area (Å²) in [7, 11) is 3.70. The molecule has 0 aromatic carbocycles. The highest BCUT2D eigenvalue weighted by molar-refractivity contribution is 4.69. The summed E-state index contributed by atoms with van der Waals surface area (Å²) in [4.78, 5) is 2.21. The summed E-state index contributed by atoms with van der Waals surface area (Å²) in [6.45, 7) is 2.26. The first-order valence-corrected chi connectivity index (χ1v) is 6.08. The number of aliphatic hydroxyl groups is 1. The Morgan fingerprint density at radius 3 is 2.67 bits per heavy atom. The van der Waals surface area contributed by atoms with E-state index >= 15 is 0 Å². The van der Waals surface area contributed by atoms with Gasteiger partial charge in [-0.15, -0.1) is 0 Å². The van der Waals surface area contributed by atoms with E-state index in [-0.39, 0.29) is 6.10 Å². The standard InChI is InChI=1S/C12H25NO2/c1-13(9-12(14)10-15-2)8-7-11-5-3-4-6-11/h11-12,14H,3-10H2,1-2H3. The Labute approximate surface area is 93.4 Å². The predicted octanol–water partition coefficient (Wildman–Crippen LogP) is 1.51. The van der Waals surface area contributed by atoms with Gasteiger partial charge in [0.15, 0.2) is 0 Å². The molecular weight excluding hydrogens is 190 g/mol. The maximum Gasteiger partial charge on any atom is 0.0899 e. The number of nitrogens with zero attached hydrogens (tertiary/aromatic N) is 1. The number of rotatable bonds is 7. The van der Waals surface area contributed by atoms with Gasteiger partial charge >= 0.3 is 0 Å². The minimum absolute atomic E-state index is 0.344. The van der Waals surface area contributed by atoms with E-state index in [1.807, 2.05) is 0 Å². The van der Waals surface area contributed by atoms with Crippen molar-refractivity contribution in [2.75, 3.05) is 33.9 Å². The molecule has 90 valence electrons. The Kier molecular flexibility index (Phi) is 6.22. The molecule has 0 radical (unpaired) electrons. The molecule has 1 atom stereocenters. The van der Waals surface area contributed by atoms with E-state index in [0.717, 1.165) is 19.0 Å². The Hall–Kier alpha value is -0.120. The van der Waals surface area contributed by atoms with E-state index in [0.29, 0.717) is 6.61 Å². The molecule has 1 aliphatic carbocycles. The summed E-state index contributed by atoms with van der Waals surface area (Å²) in [6.07, 6.45) is 6.60. The molecule has 0 aromatic rings. The van der Waals surface area contributed by atoms with Gasteiger partial charge in [0.2, 0.25) is 0 Å². The van der Waals surface area contributed by atoms with Crippen molar-refractivity contribution in [1.82, 2.24) is 4.90 Å². The average Bonchev–Trinajstić information content (AvgIpc) is 2.67. The van der Waals surface area contributed by atoms with Crippen molar-refractivity contribution in [2.24, 2.45) is 5.92 Å². The highest BCUT2D eigenvalue weighted by Gasteiger charge is 2.16. The molecule has 1 rings (SSSR count). The van der Waals surface area contributed by atoms with Gasteiger partial charge in [0, 0.05) is 13.7 Å². The molecule has 1 aliphatic rings. The summed E-state index contributed by atoms with van der Waals surface area (Å²) in [5.74, 6) is 0.937. The molecule has 1 unspecified atom stereocenters. The fraction of sp³-hybridized carbons (Fsp3) is 1.00. The Morgan fingerprint density at radius 2 is 2.07 bits per heavy atom. The minimum Gasteiger partial charge on any atom is -0.389 e. The first kappa shape index (κ1) is 12.9. The van der Waals surface area contributed by atoms with Gasteiger partial charge < -0.3 is 14.7 Å². The van der Waals surface area contributed by atoms with Crippen LogP contribution < -0.4 is 0 Å². The largest absolute Gasteiger partial charge is 0.389 e. The highest BCUT2D eigenvalue weighted by atomic mass is 16.5. The molecule has 1 saturated carbocycles. The molecule has 0 heterocycles. The maximum atomic E-state index is 9.54. The smallest absolute Gasteiger partial charge is 0.0899 e. The van der Waals surface area contributed by atoms with E-state index in [1.54, 1.807) is 7.11 Å². The second-order valence-corrected chi connectivity index (χ2v) is 4.81.